The molecule has 17 heavy (non-hydrogen) atoms. The van der Waals surface area contributed by atoms with Gasteiger partial charge in [0.15, 0.2) is 0 Å². The number of carboxylic acid groups (broad SMARTS) is 1. The Morgan fingerprint density at radius 2 is 2.29 bits per heavy atom. The van der Waals surface area contributed by atoms with Crippen molar-refractivity contribution in [2.24, 2.45) is 5.73 Å². The average molecular weight is 244 g/mol. The highest BCUT2D eigenvalue weighted by molar-refractivity contribution is 5.82. The summed E-state index contributed by atoms with van der Waals surface area (Å²) in [4.78, 5) is 24.3. The van der Waals surface area contributed by atoms with E-state index in [-0.39, 0.29) is 18.9 Å². The molecule has 1 aliphatic rings. The van der Waals surface area contributed by atoms with E-state index in [1.807, 2.05) is 6.92 Å². The molecule has 6 heteroatoms. The van der Waals surface area contributed by atoms with Crippen molar-refractivity contribution < 1.29 is 19.4 Å². The average Bonchev–Trinajstić information content (AvgIpc) is 2.28. The van der Waals surface area contributed by atoms with Crippen LogP contribution >= 0.6 is 0 Å². The van der Waals surface area contributed by atoms with Gasteiger partial charge in [-0.15, -0.1) is 0 Å². The first-order valence-corrected chi connectivity index (χ1v) is 5.91. The Labute approximate surface area is 101 Å². The fourth-order valence-electron chi connectivity index (χ4n) is 1.96. The Kier molecular flexibility index (Phi) is 5.37. The summed E-state index contributed by atoms with van der Waals surface area (Å²) in [5.74, 6) is -1.09. The summed E-state index contributed by atoms with van der Waals surface area (Å²) >= 11 is 0. The normalized spacial score (nSPS) is 22.2. The Balaban J connectivity index is 2.63. The zero-order valence-corrected chi connectivity index (χ0v) is 10.1. The molecule has 1 heterocycles. The maximum absolute atomic E-state index is 12.0. The van der Waals surface area contributed by atoms with Crippen LogP contribution in [0.5, 0.6) is 0 Å². The third-order valence-electron chi connectivity index (χ3n) is 2.84. The monoisotopic (exact) mass is 244 g/mol. The molecule has 0 spiro atoms. The van der Waals surface area contributed by atoms with Crippen LogP contribution in [-0.2, 0) is 14.3 Å². The first kappa shape index (κ1) is 13.9. The van der Waals surface area contributed by atoms with Gasteiger partial charge in [-0.25, -0.2) is 0 Å². The maximum atomic E-state index is 12.0. The standard InChI is InChI=1S/C11H20N2O4/c1-2-3-9(12)11(16)13-4-5-17-7-8(13)6-10(14)15/h8-9H,2-7,12H2,1H3,(H,14,15)/t8?,9-/m1/s1. The van der Waals surface area contributed by atoms with E-state index in [2.05, 4.69) is 0 Å². The van der Waals surface area contributed by atoms with Crippen molar-refractivity contribution in [2.75, 3.05) is 19.8 Å². The van der Waals surface area contributed by atoms with Gasteiger partial charge in [0.25, 0.3) is 0 Å². The zero-order valence-electron chi connectivity index (χ0n) is 10.1. The number of morpholine rings is 1. The lowest BCUT2D eigenvalue weighted by Crippen LogP contribution is -2.54. The van der Waals surface area contributed by atoms with Crippen LogP contribution in [0.3, 0.4) is 0 Å². The van der Waals surface area contributed by atoms with Crippen molar-refractivity contribution in [2.45, 2.75) is 38.3 Å². The molecule has 1 saturated heterocycles. The van der Waals surface area contributed by atoms with E-state index in [9.17, 15) is 9.59 Å². The van der Waals surface area contributed by atoms with Crippen molar-refractivity contribution in [3.05, 3.63) is 0 Å². The molecule has 1 rings (SSSR count). The minimum Gasteiger partial charge on any atom is -0.481 e. The topological polar surface area (TPSA) is 92.9 Å². The van der Waals surface area contributed by atoms with Crippen LogP contribution in [0.25, 0.3) is 0 Å². The van der Waals surface area contributed by atoms with Crippen LogP contribution in [-0.4, -0.2) is 53.7 Å². The van der Waals surface area contributed by atoms with Gasteiger partial charge >= 0.3 is 5.97 Å². The molecule has 0 radical (unpaired) electrons. The van der Waals surface area contributed by atoms with Gasteiger partial charge in [0.1, 0.15) is 0 Å². The van der Waals surface area contributed by atoms with Gasteiger partial charge in [-0.05, 0) is 6.42 Å². The lowest BCUT2D eigenvalue weighted by molar-refractivity contribution is -0.147. The Morgan fingerprint density at radius 1 is 1.59 bits per heavy atom. The molecule has 0 aliphatic carbocycles. The molecule has 0 bridgehead atoms. The Bertz CT molecular complexity index is 283. The highest BCUT2D eigenvalue weighted by Gasteiger charge is 2.31. The molecule has 3 N–H and O–H groups in total. The van der Waals surface area contributed by atoms with Gasteiger partial charge in [-0.1, -0.05) is 13.3 Å². The molecule has 0 saturated carbocycles. The predicted molar refractivity (Wildman–Crippen MR) is 61.5 cm³/mol. The largest absolute Gasteiger partial charge is 0.481 e. The van der Waals surface area contributed by atoms with Crippen molar-refractivity contribution in [3.63, 3.8) is 0 Å². The lowest BCUT2D eigenvalue weighted by Gasteiger charge is -2.36. The minimum absolute atomic E-state index is 0.0927. The number of nitrogens with two attached hydrogens (primary N) is 1. The molecule has 0 aromatic carbocycles. The quantitative estimate of drug-likeness (QED) is 0.699. The molecule has 0 aromatic rings. The van der Waals surface area contributed by atoms with E-state index in [0.29, 0.717) is 19.6 Å². The molecule has 1 amide bonds. The number of nitrogens with zero attached hydrogens (tertiary/aromatic N) is 1. The van der Waals surface area contributed by atoms with Crippen molar-refractivity contribution >= 4 is 11.9 Å². The smallest absolute Gasteiger partial charge is 0.305 e. The van der Waals surface area contributed by atoms with E-state index >= 15 is 0 Å². The molecule has 6 nitrogen and oxygen atoms in total. The number of amides is 1. The third kappa shape index (κ3) is 3.98. The second-order valence-corrected chi connectivity index (χ2v) is 4.25. The molecule has 2 atom stereocenters. The Hall–Kier alpha value is -1.14. The van der Waals surface area contributed by atoms with Gasteiger partial charge < -0.3 is 20.5 Å². The summed E-state index contributed by atoms with van der Waals surface area (Å²) in [6, 6.07) is -0.925. The summed E-state index contributed by atoms with van der Waals surface area (Å²) in [5, 5.41) is 8.78. The Morgan fingerprint density at radius 3 is 2.88 bits per heavy atom. The number of carbonyl (C=O) groups excluding carboxylic acids is 1. The number of carboxylic acids is 1. The number of carbonyl (C=O) groups is 2. The number of aliphatic carboxylic acids is 1. The summed E-state index contributed by atoms with van der Waals surface area (Å²) in [6.45, 7) is 3.10. The highest BCUT2D eigenvalue weighted by Crippen LogP contribution is 2.13. The van der Waals surface area contributed by atoms with Crippen molar-refractivity contribution in [1.82, 2.24) is 4.90 Å². The van der Waals surface area contributed by atoms with Crippen LogP contribution < -0.4 is 5.73 Å². The second-order valence-electron chi connectivity index (χ2n) is 4.25. The summed E-state index contributed by atoms with van der Waals surface area (Å²) in [5.41, 5.74) is 5.77. The summed E-state index contributed by atoms with van der Waals surface area (Å²) in [6.07, 6.45) is 1.36. The molecular formula is C11H20N2O4. The van der Waals surface area contributed by atoms with E-state index in [4.69, 9.17) is 15.6 Å². The van der Waals surface area contributed by atoms with Gasteiger partial charge in [-0.3, -0.25) is 9.59 Å². The summed E-state index contributed by atoms with van der Waals surface area (Å²) in [7, 11) is 0. The molecule has 98 valence electrons. The molecule has 0 aromatic heterocycles. The fraction of sp³-hybridized carbons (Fsp3) is 0.818. The molecule has 1 fully saturated rings. The zero-order chi connectivity index (χ0) is 12.8. The van der Waals surface area contributed by atoms with Crippen LogP contribution in [0.4, 0.5) is 0 Å². The van der Waals surface area contributed by atoms with Crippen molar-refractivity contribution in [3.8, 4) is 0 Å². The van der Waals surface area contributed by atoms with Crippen LogP contribution in [0.1, 0.15) is 26.2 Å². The second kappa shape index (κ2) is 6.56. The minimum atomic E-state index is -0.928. The molecule has 1 unspecified atom stereocenters. The SMILES string of the molecule is CCC[C@@H](N)C(=O)N1CCOCC1CC(=O)O. The number of ether oxygens (including phenoxy) is 1. The first-order valence-electron chi connectivity index (χ1n) is 5.91. The van der Waals surface area contributed by atoms with Crippen LogP contribution in [0.15, 0.2) is 0 Å². The van der Waals surface area contributed by atoms with Crippen LogP contribution in [0, 0.1) is 0 Å². The maximum Gasteiger partial charge on any atom is 0.305 e. The van der Waals surface area contributed by atoms with Gasteiger partial charge in [0.05, 0.1) is 31.7 Å². The number of hydrogen-bond donors (Lipinski definition) is 2. The number of hydrogen-bond acceptors (Lipinski definition) is 4. The first-order chi connectivity index (χ1) is 8.06. The van der Waals surface area contributed by atoms with Gasteiger partial charge in [0.2, 0.25) is 5.91 Å². The van der Waals surface area contributed by atoms with E-state index in [1.165, 1.54) is 0 Å². The van der Waals surface area contributed by atoms with Gasteiger partial charge in [-0.2, -0.15) is 0 Å². The highest BCUT2D eigenvalue weighted by atomic mass is 16.5. The summed E-state index contributed by atoms with van der Waals surface area (Å²) < 4.78 is 5.21. The number of rotatable bonds is 5. The molecule has 1 aliphatic heterocycles. The third-order valence-corrected chi connectivity index (χ3v) is 2.84. The van der Waals surface area contributed by atoms with E-state index in [0.717, 1.165) is 6.42 Å². The lowest BCUT2D eigenvalue weighted by atomic mass is 10.1. The predicted octanol–water partition coefficient (Wildman–Crippen LogP) is -0.184. The van der Waals surface area contributed by atoms with Gasteiger partial charge in [0, 0.05) is 6.54 Å². The van der Waals surface area contributed by atoms with Crippen LogP contribution in [0.2, 0.25) is 0 Å². The fourth-order valence-corrected chi connectivity index (χ4v) is 1.96. The molecular weight excluding hydrogens is 224 g/mol. The van der Waals surface area contributed by atoms with E-state index < -0.39 is 18.1 Å². The van der Waals surface area contributed by atoms with E-state index in [1.54, 1.807) is 4.90 Å². The van der Waals surface area contributed by atoms with Crippen molar-refractivity contribution in [1.29, 1.82) is 0 Å².